The highest BCUT2D eigenvalue weighted by molar-refractivity contribution is 6.11. The van der Waals surface area contributed by atoms with Crippen molar-refractivity contribution >= 4 is 43.6 Å². The molecule has 0 atom stereocenters. The van der Waals surface area contributed by atoms with Crippen LogP contribution in [0.1, 0.15) is 63.8 Å². The molecule has 2 heterocycles. The fourth-order valence-electron chi connectivity index (χ4n) is 7.56. The Balaban J connectivity index is 1.54. The van der Waals surface area contributed by atoms with Gasteiger partial charge in [-0.25, -0.2) is 0 Å². The van der Waals surface area contributed by atoms with E-state index in [1.54, 1.807) is 28.8 Å². The van der Waals surface area contributed by atoms with Gasteiger partial charge in [0.05, 0.1) is 50.6 Å². The van der Waals surface area contributed by atoms with Crippen LogP contribution >= 0.6 is 0 Å². The molecule has 8 rings (SSSR count). The van der Waals surface area contributed by atoms with Crippen molar-refractivity contribution in [2.45, 2.75) is 58.5 Å². The fraction of sp³-hybridized carbons (Fsp3) is 0.196. The molecule has 0 fully saturated rings. The van der Waals surface area contributed by atoms with Gasteiger partial charge in [-0.15, -0.1) is 0 Å². The molecule has 0 spiro atoms. The first-order chi connectivity index (χ1) is 24.6. The van der Waals surface area contributed by atoms with Crippen LogP contribution in [0.5, 0.6) is 0 Å². The topological polar surface area (TPSA) is 33.6 Å². The molecule has 6 aromatic carbocycles. The monoisotopic (exact) mass is 689 g/mol. The van der Waals surface area contributed by atoms with Gasteiger partial charge in [0.2, 0.25) is 0 Å². The molecule has 52 heavy (non-hydrogen) atoms. The zero-order valence-corrected chi connectivity index (χ0v) is 30.0. The van der Waals surface area contributed by atoms with Crippen molar-refractivity contribution in [1.29, 1.82) is 5.26 Å². The minimum Gasteiger partial charge on any atom is -0.309 e. The number of hydrogen-bond donors (Lipinski definition) is 0. The first-order valence-corrected chi connectivity index (χ1v) is 17.5. The lowest BCUT2D eigenvalue weighted by Gasteiger charge is -2.23. The van der Waals surface area contributed by atoms with E-state index in [4.69, 9.17) is 0 Å². The maximum Gasteiger partial charge on any atom is 0.418 e. The number of fused-ring (bicyclic) bond motifs is 6. The van der Waals surface area contributed by atoms with E-state index in [1.807, 2.05) is 77.4 Å². The molecule has 0 amide bonds. The van der Waals surface area contributed by atoms with Gasteiger partial charge in [0.25, 0.3) is 0 Å². The van der Waals surface area contributed by atoms with Crippen LogP contribution in [-0.2, 0) is 17.0 Å². The van der Waals surface area contributed by atoms with Crippen molar-refractivity contribution < 1.29 is 13.2 Å². The lowest BCUT2D eigenvalue weighted by Crippen LogP contribution is -2.13. The fourth-order valence-corrected chi connectivity index (χ4v) is 7.56. The molecular weight excluding hydrogens is 652 g/mol. The number of nitriles is 1. The van der Waals surface area contributed by atoms with Gasteiger partial charge in [-0.2, -0.15) is 18.4 Å². The summed E-state index contributed by atoms with van der Waals surface area (Å²) in [6.45, 7) is 12.9. The third-order valence-corrected chi connectivity index (χ3v) is 10.3. The van der Waals surface area contributed by atoms with Crippen LogP contribution in [-0.4, -0.2) is 9.13 Å². The van der Waals surface area contributed by atoms with E-state index in [0.717, 1.165) is 43.7 Å². The molecule has 0 saturated heterocycles. The van der Waals surface area contributed by atoms with Gasteiger partial charge >= 0.3 is 6.18 Å². The Morgan fingerprint density at radius 3 is 1.50 bits per heavy atom. The molecule has 0 bridgehead atoms. The van der Waals surface area contributed by atoms with Crippen LogP contribution in [0.25, 0.3) is 66.1 Å². The van der Waals surface area contributed by atoms with E-state index in [0.29, 0.717) is 33.4 Å². The molecule has 3 nitrogen and oxygen atoms in total. The smallest absolute Gasteiger partial charge is 0.309 e. The van der Waals surface area contributed by atoms with Crippen molar-refractivity contribution in [2.24, 2.45) is 0 Å². The zero-order chi connectivity index (χ0) is 36.7. The van der Waals surface area contributed by atoms with Gasteiger partial charge in [0.1, 0.15) is 0 Å². The molecule has 0 aliphatic heterocycles. The van der Waals surface area contributed by atoms with Crippen LogP contribution in [0.4, 0.5) is 13.2 Å². The Labute approximate surface area is 301 Å². The number of benzene rings is 6. The van der Waals surface area contributed by atoms with Crippen LogP contribution < -0.4 is 0 Å². The molecule has 8 aromatic rings. The Hall–Kier alpha value is -5.80. The zero-order valence-electron chi connectivity index (χ0n) is 30.0. The number of para-hydroxylation sites is 2. The standard InChI is InChI=1S/C46H38F3N3/c1-44(2,3)30-18-20-40-35(23-30)32-14-7-9-16-38(32)51(40)42-26-37(46(47,48)49)43(25-34(42)29-13-11-12-28(22-29)27-50)52-39-17-10-8-15-33(39)36-24-31(45(4,5)6)19-21-41(36)52/h7-26H,1-6H3. The Morgan fingerprint density at radius 1 is 0.500 bits per heavy atom. The molecule has 0 radical (unpaired) electrons. The van der Waals surface area contributed by atoms with Gasteiger partial charge in [-0.3, -0.25) is 0 Å². The van der Waals surface area contributed by atoms with Gasteiger partial charge in [-0.1, -0.05) is 102 Å². The predicted molar refractivity (Wildman–Crippen MR) is 208 cm³/mol. The Morgan fingerprint density at radius 2 is 1.00 bits per heavy atom. The average Bonchev–Trinajstić information content (AvgIpc) is 3.62. The molecule has 258 valence electrons. The summed E-state index contributed by atoms with van der Waals surface area (Å²) in [7, 11) is 0. The van der Waals surface area contributed by atoms with E-state index in [9.17, 15) is 5.26 Å². The third-order valence-electron chi connectivity index (χ3n) is 10.3. The Kier molecular flexibility index (Phi) is 7.45. The summed E-state index contributed by atoms with van der Waals surface area (Å²) in [5.74, 6) is 0. The third kappa shape index (κ3) is 5.35. The second kappa shape index (κ2) is 11.6. The molecule has 0 saturated carbocycles. The van der Waals surface area contributed by atoms with Crippen molar-refractivity contribution in [3.05, 3.63) is 144 Å². The summed E-state index contributed by atoms with van der Waals surface area (Å²) in [6, 6.07) is 40.1. The number of rotatable bonds is 3. The molecule has 2 aromatic heterocycles. The van der Waals surface area contributed by atoms with Crippen molar-refractivity contribution in [1.82, 2.24) is 9.13 Å². The van der Waals surface area contributed by atoms with Crippen LogP contribution in [0.3, 0.4) is 0 Å². The molecule has 0 aliphatic carbocycles. The lowest BCUT2D eigenvalue weighted by molar-refractivity contribution is -0.137. The van der Waals surface area contributed by atoms with Gasteiger partial charge < -0.3 is 9.13 Å². The summed E-state index contributed by atoms with van der Waals surface area (Å²) in [4.78, 5) is 0. The second-order valence-corrected chi connectivity index (χ2v) is 15.7. The number of aromatic nitrogens is 2. The molecule has 0 N–H and O–H groups in total. The van der Waals surface area contributed by atoms with E-state index < -0.39 is 11.7 Å². The Bertz CT molecular complexity index is 2760. The summed E-state index contributed by atoms with van der Waals surface area (Å²) in [6.07, 6.45) is -4.70. The highest BCUT2D eigenvalue weighted by atomic mass is 19.4. The first-order valence-electron chi connectivity index (χ1n) is 17.5. The van der Waals surface area contributed by atoms with Gasteiger partial charge in [0.15, 0.2) is 0 Å². The minimum atomic E-state index is -4.70. The van der Waals surface area contributed by atoms with E-state index in [-0.39, 0.29) is 16.5 Å². The van der Waals surface area contributed by atoms with Crippen molar-refractivity contribution in [3.8, 4) is 28.6 Å². The van der Waals surface area contributed by atoms with Gasteiger partial charge in [-0.05, 0) is 88.2 Å². The summed E-state index contributed by atoms with van der Waals surface area (Å²) in [5.41, 5.74) is 6.27. The van der Waals surface area contributed by atoms with Gasteiger partial charge in [0, 0.05) is 27.1 Å². The molecular formula is C46H38F3N3. The van der Waals surface area contributed by atoms with Crippen LogP contribution in [0.2, 0.25) is 0 Å². The van der Waals surface area contributed by atoms with E-state index >= 15 is 13.2 Å². The first kappa shape index (κ1) is 33.3. The van der Waals surface area contributed by atoms with E-state index in [1.165, 1.54) is 6.07 Å². The maximum absolute atomic E-state index is 15.7. The average molecular weight is 690 g/mol. The van der Waals surface area contributed by atoms with E-state index in [2.05, 4.69) is 65.8 Å². The summed E-state index contributed by atoms with van der Waals surface area (Å²) >= 11 is 0. The van der Waals surface area contributed by atoms with Crippen molar-refractivity contribution in [3.63, 3.8) is 0 Å². The number of hydrogen-bond acceptors (Lipinski definition) is 1. The lowest BCUT2D eigenvalue weighted by atomic mass is 9.86. The second-order valence-electron chi connectivity index (χ2n) is 15.7. The van der Waals surface area contributed by atoms with Crippen molar-refractivity contribution in [2.75, 3.05) is 0 Å². The van der Waals surface area contributed by atoms with Crippen LogP contribution in [0.15, 0.2) is 121 Å². The normalized spacial score (nSPS) is 12.7. The quantitative estimate of drug-likeness (QED) is 0.182. The summed E-state index contributed by atoms with van der Waals surface area (Å²) in [5, 5.41) is 13.6. The highest BCUT2D eigenvalue weighted by Crippen LogP contribution is 2.45. The SMILES string of the molecule is CC(C)(C)c1ccc2c(c1)c1ccccc1n2-c1cc(C(F)(F)F)c(-n2c3ccccc3c3cc(C(C)(C)C)ccc32)cc1-c1cccc(C#N)c1. The number of halogens is 3. The minimum absolute atomic E-state index is 0.0269. The predicted octanol–water partition coefficient (Wildman–Crippen LogP) is 13.0. The molecule has 0 aliphatic rings. The highest BCUT2D eigenvalue weighted by Gasteiger charge is 2.37. The number of nitrogens with zero attached hydrogens (tertiary/aromatic N) is 3. The van der Waals surface area contributed by atoms with Crippen LogP contribution in [0, 0.1) is 11.3 Å². The largest absolute Gasteiger partial charge is 0.418 e. The number of alkyl halides is 3. The summed E-state index contributed by atoms with van der Waals surface area (Å²) < 4.78 is 50.7. The maximum atomic E-state index is 15.7. The molecule has 6 heteroatoms. The molecule has 0 unspecified atom stereocenters.